The number of rotatable bonds is 1. The van der Waals surface area contributed by atoms with Gasteiger partial charge in [0.25, 0.3) is 0 Å². The zero-order valence-corrected chi connectivity index (χ0v) is 12.3. The van der Waals surface area contributed by atoms with Gasteiger partial charge in [-0.15, -0.1) is 0 Å². The molecule has 4 nitrogen and oxygen atoms in total. The molecule has 0 spiro atoms. The van der Waals surface area contributed by atoms with Crippen LogP contribution < -0.4 is 5.32 Å². The predicted octanol–water partition coefficient (Wildman–Crippen LogP) is 4.04. The Bertz CT molecular complexity index is 712. The fraction of sp³-hybridized carbons (Fsp3) is 0.375. The summed E-state index contributed by atoms with van der Waals surface area (Å²) in [5, 5.41) is 4.38. The van der Waals surface area contributed by atoms with E-state index in [0.717, 1.165) is 10.8 Å². The number of fused-ring (bicyclic) bond motifs is 1. The van der Waals surface area contributed by atoms with Gasteiger partial charge < -0.3 is 10.2 Å². The van der Waals surface area contributed by atoms with Crippen LogP contribution in [0.2, 0.25) is 0 Å². The molecule has 2 aromatic rings. The number of anilines is 1. The molecule has 1 fully saturated rings. The van der Waals surface area contributed by atoms with Crippen LogP contribution in [0.15, 0.2) is 36.7 Å². The molecule has 2 amide bonds. The monoisotopic (exact) mass is 323 g/mol. The number of benzene rings is 1. The first-order chi connectivity index (χ1) is 10.9. The molecule has 0 aliphatic carbocycles. The smallest absolute Gasteiger partial charge is 0.324 e. The Morgan fingerprint density at radius 2 is 2.13 bits per heavy atom. The van der Waals surface area contributed by atoms with Crippen LogP contribution in [-0.2, 0) is 0 Å². The number of alkyl halides is 3. The molecule has 0 radical (unpaired) electrons. The van der Waals surface area contributed by atoms with Crippen molar-refractivity contribution in [2.75, 3.05) is 18.4 Å². The number of nitrogens with one attached hydrogen (secondary N) is 1. The normalized spacial score (nSPS) is 18.9. The fourth-order valence-electron chi connectivity index (χ4n) is 2.85. The van der Waals surface area contributed by atoms with E-state index < -0.39 is 18.1 Å². The fourth-order valence-corrected chi connectivity index (χ4v) is 2.85. The van der Waals surface area contributed by atoms with Gasteiger partial charge in [-0.25, -0.2) is 4.79 Å². The molecule has 7 heteroatoms. The Labute approximate surface area is 131 Å². The number of aromatic nitrogens is 1. The summed E-state index contributed by atoms with van der Waals surface area (Å²) in [6.45, 7) is 0.0480. The van der Waals surface area contributed by atoms with Gasteiger partial charge in [-0.2, -0.15) is 13.2 Å². The molecule has 1 aromatic heterocycles. The van der Waals surface area contributed by atoms with Crippen molar-refractivity contribution in [3.63, 3.8) is 0 Å². The molecule has 1 saturated heterocycles. The van der Waals surface area contributed by atoms with Crippen molar-refractivity contribution >= 4 is 22.5 Å². The first kappa shape index (κ1) is 15.6. The molecule has 23 heavy (non-hydrogen) atoms. The molecule has 3 rings (SSSR count). The highest BCUT2D eigenvalue weighted by Crippen LogP contribution is 2.33. The van der Waals surface area contributed by atoms with Crippen LogP contribution >= 0.6 is 0 Å². The van der Waals surface area contributed by atoms with Crippen LogP contribution in [0.3, 0.4) is 0 Å². The standard InChI is InChI=1S/C16H16F3N3O/c17-16(18,19)12-4-2-8-22(10-12)15(23)21-14-5-1-3-11-9-20-7-6-13(11)14/h1,3,5-7,9,12H,2,4,8,10H2,(H,21,23). The van der Waals surface area contributed by atoms with Crippen LogP contribution in [-0.4, -0.2) is 35.2 Å². The number of hydrogen-bond donors (Lipinski definition) is 1. The number of halogens is 3. The Morgan fingerprint density at radius 3 is 2.91 bits per heavy atom. The second-order valence-corrected chi connectivity index (χ2v) is 5.66. The summed E-state index contributed by atoms with van der Waals surface area (Å²) in [6.07, 6.45) is -0.543. The van der Waals surface area contributed by atoms with Crippen molar-refractivity contribution in [1.29, 1.82) is 0 Å². The van der Waals surface area contributed by atoms with E-state index in [0.29, 0.717) is 18.7 Å². The third kappa shape index (κ3) is 3.38. The molecule has 0 saturated carbocycles. The van der Waals surface area contributed by atoms with Crippen molar-refractivity contribution in [1.82, 2.24) is 9.88 Å². The summed E-state index contributed by atoms with van der Waals surface area (Å²) < 4.78 is 38.5. The van der Waals surface area contributed by atoms with Gasteiger partial charge in [0, 0.05) is 36.3 Å². The molecule has 0 bridgehead atoms. The summed E-state index contributed by atoms with van der Waals surface area (Å²) >= 11 is 0. The maximum atomic E-state index is 12.8. The summed E-state index contributed by atoms with van der Waals surface area (Å²) in [4.78, 5) is 17.6. The van der Waals surface area contributed by atoms with E-state index in [1.54, 1.807) is 30.6 Å². The minimum absolute atomic E-state index is 0.0766. The summed E-state index contributed by atoms with van der Waals surface area (Å²) in [7, 11) is 0. The highest BCUT2D eigenvalue weighted by atomic mass is 19.4. The Hall–Kier alpha value is -2.31. The second-order valence-electron chi connectivity index (χ2n) is 5.66. The van der Waals surface area contributed by atoms with Crippen molar-refractivity contribution < 1.29 is 18.0 Å². The second kappa shape index (κ2) is 6.06. The zero-order chi connectivity index (χ0) is 16.4. The van der Waals surface area contributed by atoms with Gasteiger partial charge in [-0.05, 0) is 25.0 Å². The highest BCUT2D eigenvalue weighted by Gasteiger charge is 2.42. The topological polar surface area (TPSA) is 45.2 Å². The lowest BCUT2D eigenvalue weighted by atomic mass is 9.98. The van der Waals surface area contributed by atoms with Crippen LogP contribution in [0.1, 0.15) is 12.8 Å². The van der Waals surface area contributed by atoms with Crippen molar-refractivity contribution in [2.24, 2.45) is 5.92 Å². The Balaban J connectivity index is 1.76. The van der Waals surface area contributed by atoms with Crippen molar-refractivity contribution in [3.05, 3.63) is 36.7 Å². The SMILES string of the molecule is O=C(Nc1cccc2cnccc12)N1CCCC(C(F)(F)F)C1. The van der Waals surface area contributed by atoms with Crippen LogP contribution in [0.4, 0.5) is 23.7 Å². The number of nitrogens with zero attached hydrogens (tertiary/aromatic N) is 2. The van der Waals surface area contributed by atoms with Crippen molar-refractivity contribution in [3.8, 4) is 0 Å². The molecule has 1 unspecified atom stereocenters. The lowest BCUT2D eigenvalue weighted by Gasteiger charge is -2.33. The minimum Gasteiger partial charge on any atom is -0.324 e. The van der Waals surface area contributed by atoms with E-state index in [9.17, 15) is 18.0 Å². The van der Waals surface area contributed by atoms with Crippen LogP contribution in [0, 0.1) is 5.92 Å². The van der Waals surface area contributed by atoms with Gasteiger partial charge in [0.1, 0.15) is 0 Å². The number of likely N-dealkylation sites (tertiary alicyclic amines) is 1. The number of carbonyl (C=O) groups is 1. The average Bonchev–Trinajstić information content (AvgIpc) is 2.54. The summed E-state index contributed by atoms with van der Waals surface area (Å²) in [5.41, 5.74) is 0.573. The lowest BCUT2D eigenvalue weighted by Crippen LogP contribution is -2.46. The minimum atomic E-state index is -4.26. The quantitative estimate of drug-likeness (QED) is 0.861. The summed E-state index contributed by atoms with van der Waals surface area (Å²) in [6, 6.07) is 6.63. The van der Waals surface area contributed by atoms with Crippen LogP contribution in [0.25, 0.3) is 10.8 Å². The molecule has 1 N–H and O–H groups in total. The Kier molecular flexibility index (Phi) is 4.11. The van der Waals surface area contributed by atoms with Gasteiger partial charge >= 0.3 is 12.2 Å². The van der Waals surface area contributed by atoms with Gasteiger partial charge in [-0.1, -0.05) is 12.1 Å². The third-order valence-electron chi connectivity index (χ3n) is 4.09. The van der Waals surface area contributed by atoms with Gasteiger partial charge in [-0.3, -0.25) is 4.98 Å². The third-order valence-corrected chi connectivity index (χ3v) is 4.09. The van der Waals surface area contributed by atoms with Gasteiger partial charge in [0.2, 0.25) is 0 Å². The highest BCUT2D eigenvalue weighted by molar-refractivity contribution is 6.01. The average molecular weight is 323 g/mol. The first-order valence-corrected chi connectivity index (χ1v) is 7.40. The van der Waals surface area contributed by atoms with E-state index in [4.69, 9.17) is 0 Å². The molecule has 1 atom stereocenters. The first-order valence-electron chi connectivity index (χ1n) is 7.40. The Morgan fingerprint density at radius 1 is 1.30 bits per heavy atom. The number of urea groups is 1. The van der Waals surface area contributed by atoms with Gasteiger partial charge in [0.05, 0.1) is 11.6 Å². The molecule has 122 valence electrons. The van der Waals surface area contributed by atoms with E-state index in [2.05, 4.69) is 10.3 Å². The molecule has 1 aliphatic rings. The van der Waals surface area contributed by atoms with E-state index in [-0.39, 0.29) is 13.0 Å². The maximum absolute atomic E-state index is 12.8. The molecular weight excluding hydrogens is 307 g/mol. The number of amides is 2. The maximum Gasteiger partial charge on any atom is 0.393 e. The van der Waals surface area contributed by atoms with E-state index in [1.807, 2.05) is 6.07 Å². The molecular formula is C16H16F3N3O. The summed E-state index contributed by atoms with van der Waals surface area (Å²) in [5.74, 6) is -1.45. The van der Waals surface area contributed by atoms with Gasteiger partial charge in [0.15, 0.2) is 0 Å². The molecule has 1 aromatic carbocycles. The number of pyridine rings is 1. The number of hydrogen-bond acceptors (Lipinski definition) is 2. The molecule has 2 heterocycles. The predicted molar refractivity (Wildman–Crippen MR) is 81.1 cm³/mol. The lowest BCUT2D eigenvalue weighted by molar-refractivity contribution is -0.183. The number of carbonyl (C=O) groups excluding carboxylic acids is 1. The van der Waals surface area contributed by atoms with E-state index in [1.165, 1.54) is 4.90 Å². The van der Waals surface area contributed by atoms with E-state index >= 15 is 0 Å². The van der Waals surface area contributed by atoms with Crippen LogP contribution in [0.5, 0.6) is 0 Å². The molecule has 1 aliphatic heterocycles. The zero-order valence-electron chi connectivity index (χ0n) is 12.3. The number of piperidine rings is 1. The largest absolute Gasteiger partial charge is 0.393 e. The van der Waals surface area contributed by atoms with Crippen molar-refractivity contribution in [2.45, 2.75) is 19.0 Å².